The van der Waals surface area contributed by atoms with Crippen molar-refractivity contribution in [3.8, 4) is 0 Å². The van der Waals surface area contributed by atoms with Crippen molar-refractivity contribution in [2.24, 2.45) is 0 Å². The van der Waals surface area contributed by atoms with Crippen LogP contribution in [0, 0.1) is 0 Å². The van der Waals surface area contributed by atoms with E-state index in [0.717, 1.165) is 25.9 Å². The first-order valence-electron chi connectivity index (χ1n) is 6.40. The second kappa shape index (κ2) is 5.98. The van der Waals surface area contributed by atoms with E-state index in [4.69, 9.17) is 5.11 Å². The van der Waals surface area contributed by atoms with Crippen LogP contribution in [-0.4, -0.2) is 48.7 Å². The van der Waals surface area contributed by atoms with E-state index in [-0.39, 0.29) is 0 Å². The molecule has 98 valence electrons. The third-order valence-corrected chi connectivity index (χ3v) is 3.60. The number of nitrogens with one attached hydrogen (secondary N) is 1. The second-order valence-corrected chi connectivity index (χ2v) is 4.75. The Balaban J connectivity index is 1.97. The lowest BCUT2D eigenvalue weighted by molar-refractivity contribution is -0.139. The van der Waals surface area contributed by atoms with Gasteiger partial charge in [0.05, 0.1) is 0 Å². The molecule has 0 radical (unpaired) electrons. The summed E-state index contributed by atoms with van der Waals surface area (Å²) >= 11 is 0. The highest BCUT2D eigenvalue weighted by Crippen LogP contribution is 2.15. The zero-order valence-electron chi connectivity index (χ0n) is 10.7. The lowest BCUT2D eigenvalue weighted by Gasteiger charge is -2.23. The predicted molar refractivity (Wildman–Crippen MR) is 70.8 cm³/mol. The normalized spacial score (nSPS) is 17.8. The van der Waals surface area contributed by atoms with Crippen LogP contribution in [0.1, 0.15) is 11.1 Å². The van der Waals surface area contributed by atoms with E-state index in [1.807, 2.05) is 0 Å². The molecule has 1 aromatic carbocycles. The molecule has 0 bridgehead atoms. The maximum atomic E-state index is 11.0. The number of hydrogen-bond acceptors (Lipinski definition) is 3. The summed E-state index contributed by atoms with van der Waals surface area (Å²) in [5, 5.41) is 11.9. The second-order valence-electron chi connectivity index (χ2n) is 4.75. The van der Waals surface area contributed by atoms with Crippen molar-refractivity contribution < 1.29 is 9.90 Å². The zero-order chi connectivity index (χ0) is 13.0. The number of likely N-dealkylation sites (N-methyl/N-ethyl adjacent to an activating group) is 1. The summed E-state index contributed by atoms with van der Waals surface area (Å²) in [5.41, 5.74) is 2.80. The molecule has 0 fully saturated rings. The first-order chi connectivity index (χ1) is 8.70. The van der Waals surface area contributed by atoms with Crippen LogP contribution in [0.15, 0.2) is 24.3 Å². The number of aliphatic carboxylic acids is 1. The molecule has 2 N–H and O–H groups in total. The SMILES string of the molecule is CNC(CN1CCc2ccccc2CC1)C(=O)O. The summed E-state index contributed by atoms with van der Waals surface area (Å²) in [6.45, 7) is 2.44. The van der Waals surface area contributed by atoms with Gasteiger partial charge in [-0.3, -0.25) is 4.79 Å². The van der Waals surface area contributed by atoms with Gasteiger partial charge < -0.3 is 15.3 Å². The highest BCUT2D eigenvalue weighted by molar-refractivity contribution is 5.73. The van der Waals surface area contributed by atoms with Gasteiger partial charge in [0.15, 0.2) is 0 Å². The van der Waals surface area contributed by atoms with Crippen LogP contribution in [-0.2, 0) is 17.6 Å². The Morgan fingerprint density at radius 1 is 1.33 bits per heavy atom. The predicted octanol–water partition coefficient (Wildman–Crippen LogP) is 0.760. The quantitative estimate of drug-likeness (QED) is 0.826. The van der Waals surface area contributed by atoms with E-state index in [1.54, 1.807) is 7.05 Å². The van der Waals surface area contributed by atoms with Gasteiger partial charge in [-0.2, -0.15) is 0 Å². The summed E-state index contributed by atoms with van der Waals surface area (Å²) in [5.74, 6) is -0.778. The van der Waals surface area contributed by atoms with Crippen molar-refractivity contribution in [1.29, 1.82) is 0 Å². The molecule has 0 spiro atoms. The minimum atomic E-state index is -0.778. The standard InChI is InChI=1S/C14H20N2O2/c1-15-13(14(17)18)10-16-8-6-11-4-2-3-5-12(11)7-9-16/h2-5,13,15H,6-10H2,1H3,(H,17,18). The minimum Gasteiger partial charge on any atom is -0.480 e. The molecular weight excluding hydrogens is 228 g/mol. The van der Waals surface area contributed by atoms with Gasteiger partial charge in [0.1, 0.15) is 6.04 Å². The highest BCUT2D eigenvalue weighted by Gasteiger charge is 2.20. The van der Waals surface area contributed by atoms with Crippen LogP contribution in [0.2, 0.25) is 0 Å². The monoisotopic (exact) mass is 248 g/mol. The van der Waals surface area contributed by atoms with E-state index in [9.17, 15) is 4.79 Å². The molecule has 1 atom stereocenters. The minimum absolute atomic E-state index is 0.480. The Bertz CT molecular complexity index is 393. The number of fused-ring (bicyclic) bond motifs is 1. The van der Waals surface area contributed by atoms with Crippen LogP contribution in [0.3, 0.4) is 0 Å². The van der Waals surface area contributed by atoms with Gasteiger partial charge in [-0.25, -0.2) is 0 Å². The van der Waals surface area contributed by atoms with Gasteiger partial charge in [-0.15, -0.1) is 0 Å². The molecule has 0 amide bonds. The molecule has 1 unspecified atom stereocenters. The number of hydrogen-bond donors (Lipinski definition) is 2. The van der Waals surface area contributed by atoms with E-state index in [1.165, 1.54) is 11.1 Å². The van der Waals surface area contributed by atoms with Gasteiger partial charge in [0.25, 0.3) is 0 Å². The Morgan fingerprint density at radius 3 is 2.33 bits per heavy atom. The van der Waals surface area contributed by atoms with Crippen molar-refractivity contribution in [3.05, 3.63) is 35.4 Å². The van der Waals surface area contributed by atoms with Gasteiger partial charge in [0, 0.05) is 19.6 Å². The smallest absolute Gasteiger partial charge is 0.322 e. The molecule has 1 aliphatic rings. The maximum Gasteiger partial charge on any atom is 0.322 e. The van der Waals surface area contributed by atoms with Gasteiger partial charge in [-0.1, -0.05) is 24.3 Å². The Hall–Kier alpha value is -1.39. The van der Waals surface area contributed by atoms with E-state index in [0.29, 0.717) is 6.54 Å². The third-order valence-electron chi connectivity index (χ3n) is 3.60. The molecule has 2 rings (SSSR count). The molecule has 0 aliphatic carbocycles. The van der Waals surface area contributed by atoms with Crippen molar-refractivity contribution in [2.75, 3.05) is 26.7 Å². The zero-order valence-corrected chi connectivity index (χ0v) is 10.7. The molecule has 0 aromatic heterocycles. The average molecular weight is 248 g/mol. The van der Waals surface area contributed by atoms with Gasteiger partial charge >= 0.3 is 5.97 Å². The summed E-state index contributed by atoms with van der Waals surface area (Å²) in [4.78, 5) is 13.3. The maximum absolute atomic E-state index is 11.0. The number of benzene rings is 1. The fourth-order valence-corrected chi connectivity index (χ4v) is 2.45. The Kier molecular flexibility index (Phi) is 4.33. The first kappa shape index (κ1) is 13.1. The van der Waals surface area contributed by atoms with Crippen molar-refractivity contribution in [3.63, 3.8) is 0 Å². The summed E-state index contributed by atoms with van der Waals surface area (Å²) in [7, 11) is 1.70. The van der Waals surface area contributed by atoms with E-state index in [2.05, 4.69) is 34.5 Å². The van der Waals surface area contributed by atoms with Gasteiger partial charge in [-0.05, 0) is 31.0 Å². The molecule has 4 nitrogen and oxygen atoms in total. The average Bonchev–Trinajstić information content (AvgIpc) is 2.58. The van der Waals surface area contributed by atoms with Crippen LogP contribution in [0.4, 0.5) is 0 Å². The summed E-state index contributed by atoms with van der Waals surface area (Å²) in [6.07, 6.45) is 2.01. The molecule has 4 heteroatoms. The molecule has 1 aromatic rings. The van der Waals surface area contributed by atoms with E-state index < -0.39 is 12.0 Å². The van der Waals surface area contributed by atoms with Crippen molar-refractivity contribution >= 4 is 5.97 Å². The largest absolute Gasteiger partial charge is 0.480 e. The number of carboxylic acid groups (broad SMARTS) is 1. The molecular formula is C14H20N2O2. The fourth-order valence-electron chi connectivity index (χ4n) is 2.45. The number of rotatable bonds is 4. The molecule has 0 saturated carbocycles. The molecule has 1 aliphatic heterocycles. The fraction of sp³-hybridized carbons (Fsp3) is 0.500. The molecule has 1 heterocycles. The van der Waals surface area contributed by atoms with Crippen molar-refractivity contribution in [2.45, 2.75) is 18.9 Å². The van der Waals surface area contributed by atoms with Crippen molar-refractivity contribution in [1.82, 2.24) is 10.2 Å². The highest BCUT2D eigenvalue weighted by atomic mass is 16.4. The molecule has 18 heavy (non-hydrogen) atoms. The topological polar surface area (TPSA) is 52.6 Å². The number of carboxylic acids is 1. The lowest BCUT2D eigenvalue weighted by Crippen LogP contribution is -2.45. The lowest BCUT2D eigenvalue weighted by atomic mass is 10.0. The summed E-state index contributed by atoms with van der Waals surface area (Å²) in [6, 6.07) is 8.01. The van der Waals surface area contributed by atoms with Crippen LogP contribution < -0.4 is 5.32 Å². The number of nitrogens with zero attached hydrogens (tertiary/aromatic N) is 1. The van der Waals surface area contributed by atoms with Crippen LogP contribution in [0.5, 0.6) is 0 Å². The summed E-state index contributed by atoms with van der Waals surface area (Å²) < 4.78 is 0. The first-order valence-corrected chi connectivity index (χ1v) is 6.40. The molecule has 0 saturated heterocycles. The van der Waals surface area contributed by atoms with Crippen LogP contribution in [0.25, 0.3) is 0 Å². The Morgan fingerprint density at radius 2 is 1.89 bits per heavy atom. The Labute approximate surface area is 108 Å². The number of carbonyl (C=O) groups is 1. The van der Waals surface area contributed by atoms with Crippen LogP contribution >= 0.6 is 0 Å². The van der Waals surface area contributed by atoms with Gasteiger partial charge in [0.2, 0.25) is 0 Å². The van der Waals surface area contributed by atoms with E-state index >= 15 is 0 Å². The third kappa shape index (κ3) is 3.09.